The Labute approximate surface area is 102 Å². The maximum atomic E-state index is 13.1. The van der Waals surface area contributed by atoms with E-state index in [1.807, 2.05) is 0 Å². The third kappa shape index (κ3) is 3.30. The normalized spacial score (nSPS) is 8.71. The minimum atomic E-state index is -0.920. The van der Waals surface area contributed by atoms with E-state index >= 15 is 0 Å². The predicted octanol–water partition coefficient (Wildman–Crippen LogP) is 2.55. The third-order valence-corrected chi connectivity index (χ3v) is 2.01. The number of rotatable bonds is 3. The van der Waals surface area contributed by atoms with E-state index in [0.29, 0.717) is 5.69 Å². The molecule has 0 heterocycles. The lowest BCUT2D eigenvalue weighted by molar-refractivity contribution is 0.107. The molecule has 1 N–H and O–H groups in total. The largest absolute Gasteiger partial charge is 0.360 e. The van der Waals surface area contributed by atoms with Crippen LogP contribution in [0.2, 0.25) is 0 Å². The van der Waals surface area contributed by atoms with Crippen LogP contribution >= 0.6 is 11.6 Å². The Morgan fingerprint density at radius 3 is 2.59 bits per heavy atom. The lowest BCUT2D eigenvalue weighted by Gasteiger charge is -2.03. The lowest BCUT2D eigenvalue weighted by Crippen LogP contribution is -1.97. The monoisotopic (exact) mass is 249 g/mol. The van der Waals surface area contributed by atoms with E-state index in [2.05, 4.69) is 5.32 Å². The Hall–Kier alpha value is -2.37. The van der Waals surface area contributed by atoms with Crippen molar-refractivity contribution >= 4 is 22.5 Å². The first-order valence-electron chi connectivity index (χ1n) is 4.34. The van der Waals surface area contributed by atoms with Crippen LogP contribution in [-0.2, 0) is 0 Å². The number of carbonyl (C=O) groups is 1. The van der Waals surface area contributed by atoms with Gasteiger partial charge in [0.1, 0.15) is 23.5 Å². The van der Waals surface area contributed by atoms with Crippen LogP contribution in [0.4, 0.5) is 10.1 Å². The fourth-order valence-electron chi connectivity index (χ4n) is 1.01. The number of carbonyl (C=O) groups excluding carboxylic acids is 1. The minimum absolute atomic E-state index is 0.145. The topological polar surface area (TPSA) is 76.7 Å². The summed E-state index contributed by atoms with van der Waals surface area (Å²) in [6.45, 7) is 0. The number of allylic oxidation sites excluding steroid dienone is 1. The second-order valence-corrected chi connectivity index (χ2v) is 3.24. The van der Waals surface area contributed by atoms with Gasteiger partial charge in [-0.1, -0.05) is 0 Å². The Bertz CT molecular complexity index is 553. The van der Waals surface area contributed by atoms with Crippen LogP contribution in [0.25, 0.3) is 0 Å². The van der Waals surface area contributed by atoms with E-state index in [0.717, 1.165) is 12.3 Å². The molecule has 17 heavy (non-hydrogen) atoms. The predicted molar refractivity (Wildman–Crippen MR) is 59.5 cm³/mol. The Kier molecular flexibility index (Phi) is 4.21. The molecule has 0 unspecified atom stereocenters. The number of benzene rings is 1. The molecule has 0 spiro atoms. The van der Waals surface area contributed by atoms with Gasteiger partial charge in [0.05, 0.1) is 5.56 Å². The summed E-state index contributed by atoms with van der Waals surface area (Å²) in [7, 11) is 0. The molecule has 0 fully saturated rings. The van der Waals surface area contributed by atoms with Crippen molar-refractivity contribution in [2.75, 3.05) is 5.32 Å². The quantitative estimate of drug-likeness (QED) is 0.660. The van der Waals surface area contributed by atoms with Crippen LogP contribution in [0, 0.1) is 28.5 Å². The SMILES string of the molecule is N#CC(C#N)=CNc1ccc(F)c(C(=O)Cl)c1. The standard InChI is InChI=1S/C11H5ClFN3O/c12-11(17)9-3-8(1-2-10(9)13)16-6-7(4-14)5-15/h1-3,6,16H. The van der Waals surface area contributed by atoms with Gasteiger partial charge in [0, 0.05) is 11.9 Å². The Morgan fingerprint density at radius 1 is 1.41 bits per heavy atom. The summed E-state index contributed by atoms with van der Waals surface area (Å²) in [6.07, 6.45) is 1.15. The number of hydrogen-bond donors (Lipinski definition) is 1. The van der Waals surface area contributed by atoms with Gasteiger partial charge in [0.15, 0.2) is 0 Å². The van der Waals surface area contributed by atoms with Crippen LogP contribution in [0.5, 0.6) is 0 Å². The van der Waals surface area contributed by atoms with Crippen LogP contribution in [0.3, 0.4) is 0 Å². The third-order valence-electron chi connectivity index (χ3n) is 1.80. The van der Waals surface area contributed by atoms with Gasteiger partial charge in [0.25, 0.3) is 5.24 Å². The highest BCUT2D eigenvalue weighted by Gasteiger charge is 2.09. The van der Waals surface area contributed by atoms with Gasteiger partial charge in [-0.05, 0) is 29.8 Å². The summed E-state index contributed by atoms with van der Waals surface area (Å²) in [4.78, 5) is 10.8. The molecule has 4 nitrogen and oxygen atoms in total. The summed E-state index contributed by atoms with van der Waals surface area (Å²) in [5.74, 6) is -0.736. The fourth-order valence-corrected chi connectivity index (χ4v) is 1.16. The molecular weight excluding hydrogens is 245 g/mol. The molecule has 0 saturated carbocycles. The Morgan fingerprint density at radius 2 is 2.06 bits per heavy atom. The molecule has 84 valence electrons. The van der Waals surface area contributed by atoms with Crippen LogP contribution in [-0.4, -0.2) is 5.24 Å². The molecule has 6 heteroatoms. The average molecular weight is 250 g/mol. The minimum Gasteiger partial charge on any atom is -0.360 e. The van der Waals surface area contributed by atoms with Crippen LogP contribution in [0.15, 0.2) is 30.0 Å². The Balaban J connectivity index is 3.00. The van der Waals surface area contributed by atoms with Crippen molar-refractivity contribution < 1.29 is 9.18 Å². The van der Waals surface area contributed by atoms with E-state index in [1.54, 1.807) is 12.1 Å². The van der Waals surface area contributed by atoms with Gasteiger partial charge in [-0.15, -0.1) is 0 Å². The maximum absolute atomic E-state index is 13.1. The number of anilines is 1. The smallest absolute Gasteiger partial charge is 0.255 e. The summed E-state index contributed by atoms with van der Waals surface area (Å²) < 4.78 is 13.1. The molecule has 0 aliphatic rings. The molecule has 0 saturated heterocycles. The zero-order valence-corrected chi connectivity index (χ0v) is 9.12. The zero-order chi connectivity index (χ0) is 12.8. The van der Waals surface area contributed by atoms with Gasteiger partial charge in [0.2, 0.25) is 0 Å². The van der Waals surface area contributed by atoms with E-state index in [-0.39, 0.29) is 11.1 Å². The van der Waals surface area contributed by atoms with Crippen molar-refractivity contribution in [1.82, 2.24) is 0 Å². The molecule has 0 atom stereocenters. The molecule has 0 bridgehead atoms. The highest BCUT2D eigenvalue weighted by molar-refractivity contribution is 6.67. The lowest BCUT2D eigenvalue weighted by atomic mass is 10.2. The zero-order valence-electron chi connectivity index (χ0n) is 8.37. The average Bonchev–Trinajstić information content (AvgIpc) is 2.32. The summed E-state index contributed by atoms with van der Waals surface area (Å²) in [5.41, 5.74) is -0.0768. The highest BCUT2D eigenvalue weighted by atomic mass is 35.5. The molecule has 0 amide bonds. The second kappa shape index (κ2) is 5.64. The first-order valence-corrected chi connectivity index (χ1v) is 4.72. The van der Waals surface area contributed by atoms with E-state index in [9.17, 15) is 9.18 Å². The van der Waals surface area contributed by atoms with Gasteiger partial charge < -0.3 is 5.32 Å². The first-order chi connectivity index (χ1) is 8.08. The summed E-state index contributed by atoms with van der Waals surface area (Å²) in [5, 5.41) is 18.6. The van der Waals surface area contributed by atoms with Gasteiger partial charge >= 0.3 is 0 Å². The number of halogens is 2. The number of nitrogens with one attached hydrogen (secondary N) is 1. The number of nitrogens with zero attached hydrogens (tertiary/aromatic N) is 2. The van der Waals surface area contributed by atoms with Crippen molar-refractivity contribution in [2.45, 2.75) is 0 Å². The fraction of sp³-hybridized carbons (Fsp3) is 0. The molecule has 0 radical (unpaired) electrons. The maximum Gasteiger partial charge on any atom is 0.255 e. The van der Waals surface area contributed by atoms with Crippen LogP contribution in [0.1, 0.15) is 10.4 Å². The van der Waals surface area contributed by atoms with Crippen molar-refractivity contribution in [3.8, 4) is 12.1 Å². The van der Waals surface area contributed by atoms with Crippen molar-refractivity contribution in [2.24, 2.45) is 0 Å². The summed E-state index contributed by atoms with van der Waals surface area (Å²) >= 11 is 5.17. The van der Waals surface area contributed by atoms with Crippen molar-refractivity contribution in [3.63, 3.8) is 0 Å². The van der Waals surface area contributed by atoms with E-state index in [4.69, 9.17) is 22.1 Å². The van der Waals surface area contributed by atoms with Gasteiger partial charge in [-0.3, -0.25) is 4.79 Å². The number of hydrogen-bond acceptors (Lipinski definition) is 4. The molecule has 0 aromatic heterocycles. The first kappa shape index (κ1) is 12.7. The molecule has 1 aromatic rings. The molecule has 1 rings (SSSR count). The molecule has 0 aliphatic heterocycles. The highest BCUT2D eigenvalue weighted by Crippen LogP contribution is 2.16. The molecular formula is C11H5ClFN3O. The van der Waals surface area contributed by atoms with E-state index in [1.165, 1.54) is 12.1 Å². The van der Waals surface area contributed by atoms with Gasteiger partial charge in [-0.25, -0.2) is 4.39 Å². The molecule has 1 aromatic carbocycles. The summed E-state index contributed by atoms with van der Waals surface area (Å²) in [6, 6.07) is 6.88. The number of nitriles is 2. The van der Waals surface area contributed by atoms with Crippen molar-refractivity contribution in [3.05, 3.63) is 41.4 Å². The van der Waals surface area contributed by atoms with Crippen LogP contribution < -0.4 is 5.32 Å². The van der Waals surface area contributed by atoms with Crippen molar-refractivity contribution in [1.29, 1.82) is 10.5 Å². The van der Waals surface area contributed by atoms with Gasteiger partial charge in [-0.2, -0.15) is 10.5 Å². The van der Waals surface area contributed by atoms with E-state index < -0.39 is 11.1 Å². The second-order valence-electron chi connectivity index (χ2n) is 2.89. The molecule has 0 aliphatic carbocycles.